The van der Waals surface area contributed by atoms with Gasteiger partial charge in [0.15, 0.2) is 18.1 Å². The van der Waals surface area contributed by atoms with Gasteiger partial charge in [0, 0.05) is 11.6 Å². The maximum atomic E-state index is 11.7. The van der Waals surface area contributed by atoms with Gasteiger partial charge in [-0.2, -0.15) is 5.10 Å². The molecule has 26 heavy (non-hydrogen) atoms. The fraction of sp³-hybridized carbons (Fsp3) is 0.125. The molecule has 0 fully saturated rings. The van der Waals surface area contributed by atoms with Crippen molar-refractivity contribution < 1.29 is 24.3 Å². The summed E-state index contributed by atoms with van der Waals surface area (Å²) in [4.78, 5) is 22.0. The maximum Gasteiger partial charge on any atom is 0.277 e. The van der Waals surface area contributed by atoms with Crippen molar-refractivity contribution in [2.75, 3.05) is 13.7 Å². The number of nitrogens with one attached hydrogen (secondary N) is 1. The van der Waals surface area contributed by atoms with Gasteiger partial charge in [-0.25, -0.2) is 5.43 Å². The molecule has 2 rings (SSSR count). The number of nitro benzene ring substituents is 1. The van der Waals surface area contributed by atoms with Gasteiger partial charge in [-0.15, -0.1) is 0 Å². The normalized spacial score (nSPS) is 10.5. The van der Waals surface area contributed by atoms with Crippen LogP contribution in [0.4, 0.5) is 5.69 Å². The highest BCUT2D eigenvalue weighted by Crippen LogP contribution is 2.33. The summed E-state index contributed by atoms with van der Waals surface area (Å²) in [5.41, 5.74) is 1.88. The summed E-state index contributed by atoms with van der Waals surface area (Å²) in [5.74, 6) is -0.676. The fourth-order valence-corrected chi connectivity index (χ4v) is 2.08. The first-order valence-corrected chi connectivity index (χ1v) is 7.54. The average molecular weight is 380 g/mol. The monoisotopic (exact) mass is 379 g/mol. The van der Waals surface area contributed by atoms with Crippen molar-refractivity contribution in [3.8, 4) is 17.2 Å². The second-order valence-corrected chi connectivity index (χ2v) is 5.26. The second kappa shape index (κ2) is 8.67. The lowest BCUT2D eigenvalue weighted by Crippen LogP contribution is -2.24. The maximum absolute atomic E-state index is 11.7. The summed E-state index contributed by atoms with van der Waals surface area (Å²) >= 11 is 5.90. The number of hydrogen-bond donors (Lipinski definition) is 2. The van der Waals surface area contributed by atoms with E-state index in [-0.39, 0.29) is 29.4 Å². The van der Waals surface area contributed by atoms with Crippen LogP contribution < -0.4 is 14.9 Å². The fourth-order valence-electron chi connectivity index (χ4n) is 1.88. The van der Waals surface area contributed by atoms with Crippen LogP contribution in [0.15, 0.2) is 41.5 Å². The van der Waals surface area contributed by atoms with Gasteiger partial charge in [0.2, 0.25) is 0 Å². The lowest BCUT2D eigenvalue weighted by molar-refractivity contribution is -0.385. The number of phenols is 1. The zero-order valence-electron chi connectivity index (χ0n) is 13.5. The SMILES string of the molecule is COc1cc([N+](=O)[O-])cc(/C=N\NC(=O)COc2ccccc2Cl)c1O. The van der Waals surface area contributed by atoms with Crippen molar-refractivity contribution in [2.24, 2.45) is 5.10 Å². The van der Waals surface area contributed by atoms with Crippen LogP contribution in [0.3, 0.4) is 0 Å². The number of carbonyl (C=O) groups is 1. The molecule has 0 aromatic heterocycles. The van der Waals surface area contributed by atoms with Gasteiger partial charge in [-0.3, -0.25) is 14.9 Å². The number of phenolic OH excluding ortho intramolecular Hbond substituents is 1. The van der Waals surface area contributed by atoms with Crippen LogP contribution in [0.2, 0.25) is 5.02 Å². The lowest BCUT2D eigenvalue weighted by Gasteiger charge is -2.07. The number of hydrazone groups is 1. The predicted molar refractivity (Wildman–Crippen MR) is 94.0 cm³/mol. The summed E-state index contributed by atoms with van der Waals surface area (Å²) in [6.07, 6.45) is 1.05. The molecular weight excluding hydrogens is 366 g/mol. The largest absolute Gasteiger partial charge is 0.504 e. The molecule has 1 amide bonds. The number of para-hydroxylation sites is 1. The number of hydrogen-bond acceptors (Lipinski definition) is 7. The Balaban J connectivity index is 2.01. The first-order chi connectivity index (χ1) is 12.4. The molecule has 0 spiro atoms. The average Bonchev–Trinajstić information content (AvgIpc) is 2.62. The van der Waals surface area contributed by atoms with Crippen molar-refractivity contribution in [1.82, 2.24) is 5.43 Å². The van der Waals surface area contributed by atoms with Crippen LogP contribution in [0.5, 0.6) is 17.2 Å². The number of rotatable bonds is 7. The number of nitro groups is 1. The highest BCUT2D eigenvalue weighted by molar-refractivity contribution is 6.32. The van der Waals surface area contributed by atoms with Gasteiger partial charge < -0.3 is 14.6 Å². The number of ether oxygens (including phenoxy) is 2. The molecule has 10 heteroatoms. The Bertz CT molecular complexity index is 856. The molecule has 0 saturated carbocycles. The van der Waals surface area contributed by atoms with Crippen molar-refractivity contribution >= 4 is 29.4 Å². The number of carbonyl (C=O) groups excluding carboxylic acids is 1. The Morgan fingerprint density at radius 2 is 2.12 bits per heavy atom. The lowest BCUT2D eigenvalue weighted by atomic mass is 10.2. The van der Waals surface area contributed by atoms with E-state index in [1.807, 2.05) is 0 Å². The number of methoxy groups -OCH3 is 1. The van der Waals surface area contributed by atoms with Crippen molar-refractivity contribution in [2.45, 2.75) is 0 Å². The summed E-state index contributed by atoms with van der Waals surface area (Å²) in [7, 11) is 1.26. The Morgan fingerprint density at radius 1 is 1.38 bits per heavy atom. The van der Waals surface area contributed by atoms with E-state index >= 15 is 0 Å². The molecular formula is C16H14ClN3O6. The Kier molecular flexibility index (Phi) is 6.34. The summed E-state index contributed by atoms with van der Waals surface area (Å²) in [5, 5.41) is 24.8. The third-order valence-electron chi connectivity index (χ3n) is 3.11. The number of aromatic hydroxyl groups is 1. The van der Waals surface area contributed by atoms with Crippen molar-refractivity contribution in [3.05, 3.63) is 57.1 Å². The minimum Gasteiger partial charge on any atom is -0.504 e. The molecule has 0 unspecified atom stereocenters. The first kappa shape index (κ1) is 19.0. The molecule has 0 aliphatic rings. The number of halogens is 1. The zero-order chi connectivity index (χ0) is 19.1. The smallest absolute Gasteiger partial charge is 0.277 e. The highest BCUT2D eigenvalue weighted by atomic mass is 35.5. The van der Waals surface area contributed by atoms with E-state index in [4.69, 9.17) is 21.1 Å². The topological polar surface area (TPSA) is 123 Å². The third-order valence-corrected chi connectivity index (χ3v) is 3.42. The van der Waals surface area contributed by atoms with Crippen molar-refractivity contribution in [3.63, 3.8) is 0 Å². The van der Waals surface area contributed by atoms with E-state index in [1.165, 1.54) is 7.11 Å². The minimum absolute atomic E-state index is 0.00312. The number of amides is 1. The first-order valence-electron chi connectivity index (χ1n) is 7.17. The quantitative estimate of drug-likeness (QED) is 0.432. The Hall–Kier alpha value is -3.33. The van der Waals surface area contributed by atoms with E-state index in [2.05, 4.69) is 10.5 Å². The van der Waals surface area contributed by atoms with Crippen LogP contribution in [-0.2, 0) is 4.79 Å². The molecule has 0 aliphatic heterocycles. The third kappa shape index (κ3) is 4.84. The molecule has 0 bridgehead atoms. The van der Waals surface area contributed by atoms with E-state index < -0.39 is 10.8 Å². The minimum atomic E-state index is -0.644. The molecule has 0 heterocycles. The molecule has 0 aliphatic carbocycles. The van der Waals surface area contributed by atoms with Gasteiger partial charge >= 0.3 is 0 Å². The van der Waals surface area contributed by atoms with Gasteiger partial charge in [0.1, 0.15) is 5.75 Å². The zero-order valence-corrected chi connectivity index (χ0v) is 14.3. The van der Waals surface area contributed by atoms with Gasteiger partial charge in [-0.1, -0.05) is 23.7 Å². The summed E-state index contributed by atoms with van der Waals surface area (Å²) in [6.45, 7) is -0.342. The van der Waals surface area contributed by atoms with Crippen LogP contribution in [0.1, 0.15) is 5.56 Å². The molecule has 9 nitrogen and oxygen atoms in total. The highest BCUT2D eigenvalue weighted by Gasteiger charge is 2.15. The Labute approximate surface area is 153 Å². The Morgan fingerprint density at radius 3 is 2.77 bits per heavy atom. The molecule has 2 N–H and O–H groups in total. The van der Waals surface area contributed by atoms with E-state index in [1.54, 1.807) is 24.3 Å². The summed E-state index contributed by atoms with van der Waals surface area (Å²) < 4.78 is 10.1. The molecule has 136 valence electrons. The molecule has 0 saturated heterocycles. The number of non-ortho nitro benzene ring substituents is 1. The van der Waals surface area contributed by atoms with E-state index in [0.29, 0.717) is 10.8 Å². The van der Waals surface area contributed by atoms with Gasteiger partial charge in [0.25, 0.3) is 11.6 Å². The van der Waals surface area contributed by atoms with Crippen LogP contribution in [0.25, 0.3) is 0 Å². The van der Waals surface area contributed by atoms with Gasteiger partial charge in [0.05, 0.1) is 29.3 Å². The molecule has 2 aromatic carbocycles. The van der Waals surface area contributed by atoms with Gasteiger partial charge in [-0.05, 0) is 12.1 Å². The van der Waals surface area contributed by atoms with Crippen molar-refractivity contribution in [1.29, 1.82) is 0 Å². The number of benzene rings is 2. The van der Waals surface area contributed by atoms with Crippen LogP contribution in [-0.4, -0.2) is 35.9 Å². The summed E-state index contributed by atoms with van der Waals surface area (Å²) in [6, 6.07) is 8.81. The van der Waals surface area contributed by atoms with Crippen LogP contribution >= 0.6 is 11.6 Å². The molecule has 0 radical (unpaired) electrons. The number of nitrogens with zero attached hydrogens (tertiary/aromatic N) is 2. The van der Waals surface area contributed by atoms with E-state index in [0.717, 1.165) is 18.3 Å². The second-order valence-electron chi connectivity index (χ2n) is 4.86. The standard InChI is InChI=1S/C16H14ClN3O6/c1-25-14-7-11(20(23)24)6-10(16(14)22)8-18-19-15(21)9-26-13-5-3-2-4-12(13)17/h2-8,22H,9H2,1H3,(H,19,21)/b18-8-. The molecule has 2 aromatic rings. The van der Waals surface area contributed by atoms with Crippen LogP contribution in [0, 0.1) is 10.1 Å². The van der Waals surface area contributed by atoms with E-state index in [9.17, 15) is 20.0 Å². The predicted octanol–water partition coefficient (Wildman–Crippen LogP) is 2.49. The molecule has 0 atom stereocenters.